The average Bonchev–Trinajstić information content (AvgIpc) is 2.71. The summed E-state index contributed by atoms with van der Waals surface area (Å²) < 4.78 is 31.5. The molecule has 28 heavy (non-hydrogen) atoms. The number of rotatable bonds is 7. The van der Waals surface area contributed by atoms with E-state index in [1.165, 1.54) is 12.3 Å². The lowest BCUT2D eigenvalue weighted by Crippen LogP contribution is -2.26. The van der Waals surface area contributed by atoms with Gasteiger partial charge in [0.25, 0.3) is 5.91 Å². The van der Waals surface area contributed by atoms with Gasteiger partial charge in [-0.25, -0.2) is 13.8 Å². The summed E-state index contributed by atoms with van der Waals surface area (Å²) in [5, 5.41) is 5.71. The largest absolute Gasteiger partial charge is 0.496 e. The van der Waals surface area contributed by atoms with E-state index in [0.717, 1.165) is 23.4 Å². The molecule has 0 saturated carbocycles. The maximum absolute atomic E-state index is 13.2. The van der Waals surface area contributed by atoms with Crippen LogP contribution < -0.4 is 15.4 Å². The van der Waals surface area contributed by atoms with Crippen LogP contribution in [0.1, 0.15) is 16.1 Å². The van der Waals surface area contributed by atoms with E-state index in [9.17, 15) is 13.6 Å². The number of nitrogens with zero attached hydrogens (tertiary/aromatic N) is 1. The molecule has 1 aromatic heterocycles. The van der Waals surface area contributed by atoms with Crippen molar-refractivity contribution in [2.45, 2.75) is 6.42 Å². The Bertz CT molecular complexity index is 962. The van der Waals surface area contributed by atoms with E-state index in [-0.39, 0.29) is 11.6 Å². The molecular weight excluding hydrogens is 364 g/mol. The summed E-state index contributed by atoms with van der Waals surface area (Å²) in [6.45, 7) is 0.440. The van der Waals surface area contributed by atoms with Crippen LogP contribution in [0, 0.1) is 11.6 Å². The van der Waals surface area contributed by atoms with Crippen LogP contribution in [-0.2, 0) is 6.42 Å². The molecule has 5 nitrogen and oxygen atoms in total. The van der Waals surface area contributed by atoms with Crippen molar-refractivity contribution in [2.24, 2.45) is 0 Å². The van der Waals surface area contributed by atoms with Crippen LogP contribution >= 0.6 is 0 Å². The van der Waals surface area contributed by atoms with Gasteiger partial charge in [0, 0.05) is 18.3 Å². The van der Waals surface area contributed by atoms with Gasteiger partial charge in [-0.05, 0) is 42.3 Å². The van der Waals surface area contributed by atoms with Crippen LogP contribution in [0.25, 0.3) is 0 Å². The number of aromatic nitrogens is 1. The Morgan fingerprint density at radius 1 is 1.04 bits per heavy atom. The Labute approximate surface area is 161 Å². The summed E-state index contributed by atoms with van der Waals surface area (Å²) >= 11 is 0. The van der Waals surface area contributed by atoms with Crippen LogP contribution in [0.15, 0.2) is 60.8 Å². The molecule has 0 aliphatic heterocycles. The van der Waals surface area contributed by atoms with Gasteiger partial charge in [-0.3, -0.25) is 4.79 Å². The summed E-state index contributed by atoms with van der Waals surface area (Å²) in [4.78, 5) is 16.3. The van der Waals surface area contributed by atoms with Crippen molar-refractivity contribution in [3.63, 3.8) is 0 Å². The first-order chi connectivity index (χ1) is 13.6. The van der Waals surface area contributed by atoms with Crippen molar-refractivity contribution >= 4 is 17.3 Å². The smallest absolute Gasteiger partial charge is 0.269 e. The molecule has 0 spiro atoms. The molecule has 0 unspecified atom stereocenters. The highest BCUT2D eigenvalue weighted by Gasteiger charge is 2.08. The number of carbonyl (C=O) groups excluding carboxylic acids is 1. The maximum atomic E-state index is 13.2. The first-order valence-electron chi connectivity index (χ1n) is 8.65. The van der Waals surface area contributed by atoms with E-state index in [2.05, 4.69) is 15.6 Å². The maximum Gasteiger partial charge on any atom is 0.269 e. The number of anilines is 2. The lowest BCUT2D eigenvalue weighted by molar-refractivity contribution is 0.0949. The van der Waals surface area contributed by atoms with E-state index < -0.39 is 11.6 Å². The standard InChI is InChI=1S/C21H19F2N3O2/c1-28-20-5-3-2-4-14(20)10-11-24-21(27)19-9-7-16(13-25-19)26-15-6-8-17(22)18(23)12-15/h2-9,12-13,26H,10-11H2,1H3,(H,24,27). The third-order valence-electron chi connectivity index (χ3n) is 4.08. The zero-order valence-corrected chi connectivity index (χ0v) is 15.2. The van der Waals surface area contributed by atoms with E-state index >= 15 is 0 Å². The Morgan fingerprint density at radius 3 is 2.54 bits per heavy atom. The number of para-hydroxylation sites is 1. The first-order valence-corrected chi connectivity index (χ1v) is 8.65. The summed E-state index contributed by atoms with van der Waals surface area (Å²) in [6.07, 6.45) is 2.09. The third-order valence-corrected chi connectivity index (χ3v) is 4.08. The average molecular weight is 383 g/mol. The van der Waals surface area contributed by atoms with Crippen molar-refractivity contribution < 1.29 is 18.3 Å². The predicted molar refractivity (Wildman–Crippen MR) is 103 cm³/mol. The minimum absolute atomic E-state index is 0.260. The molecule has 144 valence electrons. The molecule has 7 heteroatoms. The van der Waals surface area contributed by atoms with Crippen LogP contribution in [0.2, 0.25) is 0 Å². The highest BCUT2D eigenvalue weighted by Crippen LogP contribution is 2.19. The zero-order chi connectivity index (χ0) is 19.9. The summed E-state index contributed by atoms with van der Waals surface area (Å²) in [5.41, 5.74) is 2.20. The molecule has 0 atom stereocenters. The van der Waals surface area contributed by atoms with Crippen LogP contribution in [0.3, 0.4) is 0 Å². The van der Waals surface area contributed by atoms with Gasteiger partial charge in [0.05, 0.1) is 19.0 Å². The summed E-state index contributed by atoms with van der Waals surface area (Å²) in [5.74, 6) is -1.37. The van der Waals surface area contributed by atoms with E-state index in [1.54, 1.807) is 19.2 Å². The second-order valence-corrected chi connectivity index (χ2v) is 6.00. The van der Waals surface area contributed by atoms with Gasteiger partial charge in [-0.15, -0.1) is 0 Å². The number of methoxy groups -OCH3 is 1. The normalized spacial score (nSPS) is 10.4. The number of amides is 1. The second kappa shape index (κ2) is 8.94. The fourth-order valence-corrected chi connectivity index (χ4v) is 2.65. The molecule has 2 aromatic carbocycles. The van der Waals surface area contributed by atoms with Gasteiger partial charge in [-0.1, -0.05) is 18.2 Å². The van der Waals surface area contributed by atoms with Gasteiger partial charge in [0.1, 0.15) is 11.4 Å². The van der Waals surface area contributed by atoms with Crippen molar-refractivity contribution in [2.75, 3.05) is 19.0 Å². The highest BCUT2D eigenvalue weighted by molar-refractivity contribution is 5.92. The second-order valence-electron chi connectivity index (χ2n) is 6.00. The molecule has 1 amide bonds. The van der Waals surface area contributed by atoms with Crippen LogP contribution in [0.4, 0.5) is 20.2 Å². The number of halogens is 2. The Hall–Kier alpha value is -3.48. The molecule has 3 rings (SSSR count). The Kier molecular flexibility index (Phi) is 6.16. The van der Waals surface area contributed by atoms with E-state index in [0.29, 0.717) is 24.3 Å². The quantitative estimate of drug-likeness (QED) is 0.645. The van der Waals surface area contributed by atoms with Gasteiger partial charge in [0.2, 0.25) is 0 Å². The summed E-state index contributed by atoms with van der Waals surface area (Å²) in [6, 6.07) is 14.3. The third kappa shape index (κ3) is 4.82. The lowest BCUT2D eigenvalue weighted by Gasteiger charge is -2.10. The molecule has 2 N–H and O–H groups in total. The van der Waals surface area contributed by atoms with Crippen molar-refractivity contribution in [1.82, 2.24) is 10.3 Å². The number of hydrogen-bond donors (Lipinski definition) is 2. The fourth-order valence-electron chi connectivity index (χ4n) is 2.65. The molecule has 0 aliphatic carbocycles. The minimum atomic E-state index is -0.941. The number of nitrogens with one attached hydrogen (secondary N) is 2. The van der Waals surface area contributed by atoms with Gasteiger partial charge in [-0.2, -0.15) is 0 Å². The SMILES string of the molecule is COc1ccccc1CCNC(=O)c1ccc(Nc2ccc(F)c(F)c2)cn1. The molecule has 0 aliphatic rings. The molecular formula is C21H19F2N3O2. The minimum Gasteiger partial charge on any atom is -0.496 e. The molecule has 0 radical (unpaired) electrons. The topological polar surface area (TPSA) is 63.2 Å². The van der Waals surface area contributed by atoms with Crippen molar-refractivity contribution in [1.29, 1.82) is 0 Å². The van der Waals surface area contributed by atoms with Gasteiger partial charge < -0.3 is 15.4 Å². The Balaban J connectivity index is 1.55. The molecule has 0 bridgehead atoms. The zero-order valence-electron chi connectivity index (χ0n) is 15.2. The first kappa shape index (κ1) is 19.3. The lowest BCUT2D eigenvalue weighted by atomic mass is 10.1. The van der Waals surface area contributed by atoms with Gasteiger partial charge >= 0.3 is 0 Å². The van der Waals surface area contributed by atoms with Gasteiger partial charge in [0.15, 0.2) is 11.6 Å². The van der Waals surface area contributed by atoms with Crippen LogP contribution in [0.5, 0.6) is 5.75 Å². The monoisotopic (exact) mass is 383 g/mol. The Morgan fingerprint density at radius 2 is 1.82 bits per heavy atom. The number of carbonyl (C=O) groups is 1. The number of ether oxygens (including phenoxy) is 1. The van der Waals surface area contributed by atoms with Crippen molar-refractivity contribution in [3.8, 4) is 5.75 Å². The summed E-state index contributed by atoms with van der Waals surface area (Å²) in [7, 11) is 1.61. The predicted octanol–water partition coefficient (Wildman–Crippen LogP) is 4.08. The highest BCUT2D eigenvalue weighted by atomic mass is 19.2. The molecule has 1 heterocycles. The molecule has 0 fully saturated rings. The number of pyridine rings is 1. The van der Waals surface area contributed by atoms with Crippen molar-refractivity contribution in [3.05, 3.63) is 83.7 Å². The fraction of sp³-hybridized carbons (Fsp3) is 0.143. The number of hydrogen-bond acceptors (Lipinski definition) is 4. The van der Waals surface area contributed by atoms with Crippen LogP contribution in [-0.4, -0.2) is 24.5 Å². The molecule has 3 aromatic rings. The number of benzene rings is 2. The molecule has 0 saturated heterocycles. The van der Waals surface area contributed by atoms with E-state index in [1.807, 2.05) is 24.3 Å². The van der Waals surface area contributed by atoms with E-state index in [4.69, 9.17) is 4.74 Å².